The van der Waals surface area contributed by atoms with Crippen LogP contribution >= 0.6 is 0 Å². The number of carbonyl (C=O) groups is 1. The van der Waals surface area contributed by atoms with E-state index in [4.69, 9.17) is 10.5 Å². The van der Waals surface area contributed by atoms with Crippen molar-refractivity contribution >= 4 is 5.91 Å². The summed E-state index contributed by atoms with van der Waals surface area (Å²) in [6, 6.07) is 4.30. The van der Waals surface area contributed by atoms with Gasteiger partial charge in [0.1, 0.15) is 5.69 Å². The van der Waals surface area contributed by atoms with E-state index in [1.54, 1.807) is 7.11 Å². The van der Waals surface area contributed by atoms with E-state index in [9.17, 15) is 4.79 Å². The molecular weight excluding hydrogens is 242 g/mol. The number of ether oxygens (including phenoxy) is 1. The number of nitrogens with zero attached hydrogens (tertiary/aromatic N) is 1. The Balaban J connectivity index is 1.90. The fourth-order valence-electron chi connectivity index (χ4n) is 2.53. The third kappa shape index (κ3) is 3.81. The number of amides is 1. The summed E-state index contributed by atoms with van der Waals surface area (Å²) in [7, 11) is 1.66. The molecule has 5 nitrogen and oxygen atoms in total. The molecule has 1 heterocycles. The maximum Gasteiger partial charge on any atom is 0.268 e. The molecule has 3 N–H and O–H groups in total. The molecule has 0 spiro atoms. The minimum atomic E-state index is 0.00146. The van der Waals surface area contributed by atoms with Crippen LogP contribution in [0.5, 0.6) is 0 Å². The van der Waals surface area contributed by atoms with Crippen LogP contribution in [0.3, 0.4) is 0 Å². The molecule has 2 rings (SSSR count). The van der Waals surface area contributed by atoms with Gasteiger partial charge in [0.2, 0.25) is 0 Å². The summed E-state index contributed by atoms with van der Waals surface area (Å²) in [5, 5.41) is 3.10. The molecule has 0 saturated heterocycles. The van der Waals surface area contributed by atoms with E-state index < -0.39 is 0 Å². The summed E-state index contributed by atoms with van der Waals surface area (Å²) in [4.78, 5) is 12.2. The highest BCUT2D eigenvalue weighted by Gasteiger charge is 2.21. The zero-order valence-corrected chi connectivity index (χ0v) is 11.5. The van der Waals surface area contributed by atoms with E-state index in [1.165, 1.54) is 0 Å². The van der Waals surface area contributed by atoms with Gasteiger partial charge < -0.3 is 20.4 Å². The average molecular weight is 265 g/mol. The van der Waals surface area contributed by atoms with Crippen LogP contribution in [0.4, 0.5) is 0 Å². The first-order chi connectivity index (χ1) is 9.20. The first-order valence-corrected chi connectivity index (χ1v) is 6.91. The molecule has 1 aliphatic rings. The summed E-state index contributed by atoms with van der Waals surface area (Å²) in [5.74, 6) is 0.00146. The largest absolute Gasteiger partial charge is 0.383 e. The number of carbonyl (C=O) groups excluding carboxylic acids is 1. The van der Waals surface area contributed by atoms with Gasteiger partial charge in [0.25, 0.3) is 5.91 Å². The van der Waals surface area contributed by atoms with Gasteiger partial charge in [-0.2, -0.15) is 0 Å². The Kier molecular flexibility index (Phi) is 4.99. The zero-order valence-electron chi connectivity index (χ0n) is 11.5. The van der Waals surface area contributed by atoms with Crippen molar-refractivity contribution in [1.82, 2.24) is 9.88 Å². The molecule has 1 aliphatic carbocycles. The molecule has 1 saturated carbocycles. The van der Waals surface area contributed by atoms with E-state index in [2.05, 4.69) is 5.32 Å². The summed E-state index contributed by atoms with van der Waals surface area (Å²) in [6.45, 7) is 1.30. The van der Waals surface area contributed by atoms with Crippen molar-refractivity contribution in [2.75, 3.05) is 13.7 Å². The highest BCUT2D eigenvalue weighted by molar-refractivity contribution is 5.92. The zero-order chi connectivity index (χ0) is 13.7. The van der Waals surface area contributed by atoms with Gasteiger partial charge in [-0.15, -0.1) is 0 Å². The molecule has 0 aromatic carbocycles. The third-order valence-corrected chi connectivity index (χ3v) is 3.71. The number of aromatic nitrogens is 1. The second-order valence-electron chi connectivity index (χ2n) is 5.16. The molecule has 1 fully saturated rings. The van der Waals surface area contributed by atoms with Crippen LogP contribution in [0.15, 0.2) is 18.3 Å². The number of methoxy groups -OCH3 is 1. The maximum absolute atomic E-state index is 12.2. The van der Waals surface area contributed by atoms with Crippen LogP contribution < -0.4 is 11.1 Å². The minimum absolute atomic E-state index is 0.00146. The summed E-state index contributed by atoms with van der Waals surface area (Å²) in [5.41, 5.74) is 6.57. The SMILES string of the molecule is COCCn1cccc1C(=O)NC1CCC(N)CC1. The molecular formula is C14H23N3O2. The topological polar surface area (TPSA) is 69.3 Å². The van der Waals surface area contributed by atoms with E-state index in [1.807, 2.05) is 22.9 Å². The Hall–Kier alpha value is -1.33. The van der Waals surface area contributed by atoms with Crippen molar-refractivity contribution in [2.45, 2.75) is 44.3 Å². The Labute approximate surface area is 114 Å². The predicted molar refractivity (Wildman–Crippen MR) is 74.0 cm³/mol. The first kappa shape index (κ1) is 14.1. The normalized spacial score (nSPS) is 23.3. The molecule has 0 atom stereocenters. The summed E-state index contributed by atoms with van der Waals surface area (Å²) >= 11 is 0. The van der Waals surface area contributed by atoms with Crippen molar-refractivity contribution in [3.63, 3.8) is 0 Å². The van der Waals surface area contributed by atoms with Crippen molar-refractivity contribution in [2.24, 2.45) is 5.73 Å². The third-order valence-electron chi connectivity index (χ3n) is 3.71. The van der Waals surface area contributed by atoms with Crippen molar-refractivity contribution in [3.8, 4) is 0 Å². The Bertz CT molecular complexity index is 409. The lowest BCUT2D eigenvalue weighted by atomic mass is 9.92. The molecule has 0 bridgehead atoms. The highest BCUT2D eigenvalue weighted by atomic mass is 16.5. The van der Waals surface area contributed by atoms with Crippen LogP contribution in [0.1, 0.15) is 36.2 Å². The second-order valence-corrected chi connectivity index (χ2v) is 5.16. The molecule has 0 radical (unpaired) electrons. The fraction of sp³-hybridized carbons (Fsp3) is 0.643. The van der Waals surface area contributed by atoms with Gasteiger partial charge in [0, 0.05) is 31.9 Å². The molecule has 19 heavy (non-hydrogen) atoms. The van der Waals surface area contributed by atoms with E-state index >= 15 is 0 Å². The van der Waals surface area contributed by atoms with Crippen molar-refractivity contribution < 1.29 is 9.53 Å². The molecule has 1 aromatic rings. The lowest BCUT2D eigenvalue weighted by Gasteiger charge is -2.26. The van der Waals surface area contributed by atoms with Crippen LogP contribution in [-0.2, 0) is 11.3 Å². The summed E-state index contributed by atoms with van der Waals surface area (Å²) in [6.07, 6.45) is 5.85. The quantitative estimate of drug-likeness (QED) is 0.838. The van der Waals surface area contributed by atoms with Crippen LogP contribution in [0.2, 0.25) is 0 Å². The summed E-state index contributed by atoms with van der Waals surface area (Å²) < 4.78 is 6.97. The van der Waals surface area contributed by atoms with Gasteiger partial charge in [0.05, 0.1) is 6.61 Å². The van der Waals surface area contributed by atoms with Crippen LogP contribution in [0.25, 0.3) is 0 Å². The van der Waals surface area contributed by atoms with Gasteiger partial charge in [-0.25, -0.2) is 0 Å². The molecule has 5 heteroatoms. The molecule has 106 valence electrons. The van der Waals surface area contributed by atoms with Gasteiger partial charge in [-0.1, -0.05) is 0 Å². The van der Waals surface area contributed by atoms with E-state index in [0.29, 0.717) is 24.9 Å². The Morgan fingerprint density at radius 3 is 2.89 bits per heavy atom. The fourth-order valence-corrected chi connectivity index (χ4v) is 2.53. The average Bonchev–Trinajstić information content (AvgIpc) is 2.87. The smallest absolute Gasteiger partial charge is 0.268 e. The molecule has 1 amide bonds. The maximum atomic E-state index is 12.2. The Morgan fingerprint density at radius 1 is 1.47 bits per heavy atom. The van der Waals surface area contributed by atoms with Crippen LogP contribution in [-0.4, -0.2) is 36.3 Å². The molecule has 0 unspecified atom stereocenters. The van der Waals surface area contributed by atoms with Gasteiger partial charge in [-0.05, 0) is 37.8 Å². The van der Waals surface area contributed by atoms with Gasteiger partial charge in [-0.3, -0.25) is 4.79 Å². The first-order valence-electron chi connectivity index (χ1n) is 6.91. The Morgan fingerprint density at radius 2 is 2.21 bits per heavy atom. The van der Waals surface area contributed by atoms with E-state index in [0.717, 1.165) is 25.7 Å². The monoisotopic (exact) mass is 265 g/mol. The minimum Gasteiger partial charge on any atom is -0.383 e. The van der Waals surface area contributed by atoms with Gasteiger partial charge in [0.15, 0.2) is 0 Å². The molecule has 1 aromatic heterocycles. The number of hydrogen-bond donors (Lipinski definition) is 2. The number of nitrogens with one attached hydrogen (secondary N) is 1. The highest BCUT2D eigenvalue weighted by Crippen LogP contribution is 2.17. The molecule has 0 aliphatic heterocycles. The van der Waals surface area contributed by atoms with E-state index in [-0.39, 0.29) is 11.9 Å². The number of rotatable bonds is 5. The number of hydrogen-bond acceptors (Lipinski definition) is 3. The predicted octanol–water partition coefficient (Wildman–Crippen LogP) is 1.13. The second kappa shape index (κ2) is 6.73. The van der Waals surface area contributed by atoms with Crippen molar-refractivity contribution in [3.05, 3.63) is 24.0 Å². The lowest BCUT2D eigenvalue weighted by molar-refractivity contribution is 0.0913. The van der Waals surface area contributed by atoms with Crippen LogP contribution in [0, 0.1) is 0 Å². The van der Waals surface area contributed by atoms with Gasteiger partial charge >= 0.3 is 0 Å². The standard InChI is InChI=1S/C14H23N3O2/c1-19-10-9-17-8-2-3-13(17)14(18)16-12-6-4-11(15)5-7-12/h2-3,8,11-12H,4-7,9-10,15H2,1H3,(H,16,18). The number of nitrogens with two attached hydrogens (primary N) is 1. The lowest BCUT2D eigenvalue weighted by Crippen LogP contribution is -2.41. The van der Waals surface area contributed by atoms with Crippen molar-refractivity contribution in [1.29, 1.82) is 0 Å².